The van der Waals surface area contributed by atoms with Crippen LogP contribution >= 0.6 is 0 Å². The van der Waals surface area contributed by atoms with E-state index in [-0.39, 0.29) is 6.73 Å². The Bertz CT molecular complexity index is 406. The van der Waals surface area contributed by atoms with Gasteiger partial charge in [0.1, 0.15) is 6.73 Å². The van der Waals surface area contributed by atoms with Crippen LogP contribution in [0.3, 0.4) is 0 Å². The minimum atomic E-state index is -0.507. The van der Waals surface area contributed by atoms with Gasteiger partial charge >= 0.3 is 12.0 Å². The number of ether oxygens (including phenoxy) is 2. The highest BCUT2D eigenvalue weighted by Crippen LogP contribution is 2.15. The summed E-state index contributed by atoms with van der Waals surface area (Å²) >= 11 is 0. The Morgan fingerprint density at radius 2 is 1.94 bits per heavy atom. The smallest absolute Gasteiger partial charge is 0.339 e. The zero-order valence-corrected chi connectivity index (χ0v) is 9.65. The fourth-order valence-corrected chi connectivity index (χ4v) is 1.18. The van der Waals surface area contributed by atoms with Gasteiger partial charge in [0.05, 0.1) is 18.4 Å². The summed E-state index contributed by atoms with van der Waals surface area (Å²) in [6.07, 6.45) is 0. The van der Waals surface area contributed by atoms with E-state index in [4.69, 9.17) is 0 Å². The Kier molecular flexibility index (Phi) is 4.96. The number of anilines is 1. The highest BCUT2D eigenvalue weighted by atomic mass is 16.5. The lowest BCUT2D eigenvalue weighted by molar-refractivity contribution is 0.0602. The number of amides is 2. The fraction of sp³-hybridized carbons (Fsp3) is 0.273. The molecule has 0 spiro atoms. The van der Waals surface area contributed by atoms with Crippen molar-refractivity contribution in [1.29, 1.82) is 0 Å². The van der Waals surface area contributed by atoms with E-state index in [2.05, 4.69) is 20.1 Å². The van der Waals surface area contributed by atoms with Crippen LogP contribution in [-0.4, -0.2) is 33.0 Å². The molecule has 6 heteroatoms. The third-order valence-corrected chi connectivity index (χ3v) is 1.96. The van der Waals surface area contributed by atoms with Crippen LogP contribution in [0.4, 0.5) is 10.5 Å². The summed E-state index contributed by atoms with van der Waals surface area (Å²) in [4.78, 5) is 22.8. The molecule has 1 aromatic rings. The minimum absolute atomic E-state index is 0.0895. The molecule has 0 aliphatic rings. The van der Waals surface area contributed by atoms with Crippen molar-refractivity contribution in [1.82, 2.24) is 5.32 Å². The van der Waals surface area contributed by atoms with Gasteiger partial charge in [0.25, 0.3) is 0 Å². The van der Waals surface area contributed by atoms with Gasteiger partial charge in [-0.15, -0.1) is 0 Å². The third-order valence-electron chi connectivity index (χ3n) is 1.96. The number of hydrogen-bond acceptors (Lipinski definition) is 4. The average molecular weight is 238 g/mol. The van der Waals surface area contributed by atoms with E-state index in [1.807, 2.05) is 0 Å². The van der Waals surface area contributed by atoms with E-state index >= 15 is 0 Å². The van der Waals surface area contributed by atoms with Crippen molar-refractivity contribution in [2.75, 3.05) is 26.3 Å². The first-order valence-electron chi connectivity index (χ1n) is 4.90. The Hall–Kier alpha value is -2.08. The van der Waals surface area contributed by atoms with Gasteiger partial charge in [0, 0.05) is 7.11 Å². The van der Waals surface area contributed by atoms with Gasteiger partial charge in [-0.2, -0.15) is 0 Å². The van der Waals surface area contributed by atoms with Crippen molar-refractivity contribution in [2.45, 2.75) is 0 Å². The van der Waals surface area contributed by atoms with Crippen molar-refractivity contribution < 1.29 is 19.1 Å². The lowest BCUT2D eigenvalue weighted by atomic mass is 10.2. The monoisotopic (exact) mass is 238 g/mol. The molecule has 92 valence electrons. The van der Waals surface area contributed by atoms with E-state index in [1.165, 1.54) is 14.2 Å². The molecule has 0 aromatic heterocycles. The topological polar surface area (TPSA) is 76.7 Å². The van der Waals surface area contributed by atoms with E-state index < -0.39 is 12.0 Å². The summed E-state index contributed by atoms with van der Waals surface area (Å²) in [6, 6.07) is 6.11. The average Bonchev–Trinajstić information content (AvgIpc) is 2.36. The number of rotatable bonds is 4. The van der Waals surface area contributed by atoms with Crippen molar-refractivity contribution in [3.05, 3.63) is 29.8 Å². The highest BCUT2D eigenvalue weighted by Gasteiger charge is 2.12. The van der Waals surface area contributed by atoms with Crippen molar-refractivity contribution in [3.63, 3.8) is 0 Å². The number of urea groups is 1. The van der Waals surface area contributed by atoms with Gasteiger partial charge < -0.3 is 20.1 Å². The summed E-state index contributed by atoms with van der Waals surface area (Å²) in [6.45, 7) is 0.0895. The Morgan fingerprint density at radius 1 is 1.24 bits per heavy atom. The fourth-order valence-electron chi connectivity index (χ4n) is 1.18. The van der Waals surface area contributed by atoms with Crippen LogP contribution < -0.4 is 10.6 Å². The molecular formula is C11H14N2O4. The maximum atomic E-state index is 11.4. The molecule has 0 atom stereocenters. The van der Waals surface area contributed by atoms with Gasteiger partial charge in [-0.25, -0.2) is 9.59 Å². The van der Waals surface area contributed by atoms with Crippen LogP contribution in [0.1, 0.15) is 10.4 Å². The third kappa shape index (κ3) is 3.76. The van der Waals surface area contributed by atoms with E-state index in [0.29, 0.717) is 11.3 Å². The Morgan fingerprint density at radius 3 is 2.59 bits per heavy atom. The number of methoxy groups -OCH3 is 2. The minimum Gasteiger partial charge on any atom is -0.465 e. The quantitative estimate of drug-likeness (QED) is 0.610. The highest BCUT2D eigenvalue weighted by molar-refractivity contribution is 6.00. The molecule has 17 heavy (non-hydrogen) atoms. The van der Waals surface area contributed by atoms with Crippen molar-refractivity contribution in [3.8, 4) is 0 Å². The molecule has 0 saturated carbocycles. The molecule has 2 amide bonds. The molecule has 0 fully saturated rings. The van der Waals surface area contributed by atoms with Gasteiger partial charge in [-0.1, -0.05) is 12.1 Å². The van der Waals surface area contributed by atoms with E-state index in [0.717, 1.165) is 0 Å². The van der Waals surface area contributed by atoms with Gasteiger partial charge in [-0.3, -0.25) is 0 Å². The molecule has 0 aliphatic carbocycles. The Labute approximate surface area is 98.9 Å². The lowest BCUT2D eigenvalue weighted by Crippen LogP contribution is -2.30. The van der Waals surface area contributed by atoms with Crippen LogP contribution in [0.25, 0.3) is 0 Å². The number of para-hydroxylation sites is 1. The second kappa shape index (κ2) is 6.49. The zero-order chi connectivity index (χ0) is 12.7. The van der Waals surface area contributed by atoms with E-state index in [9.17, 15) is 9.59 Å². The van der Waals surface area contributed by atoms with Crippen LogP contribution in [0.15, 0.2) is 24.3 Å². The van der Waals surface area contributed by atoms with Crippen molar-refractivity contribution >= 4 is 17.7 Å². The summed E-state index contributed by atoms with van der Waals surface area (Å²) in [5, 5.41) is 4.97. The van der Waals surface area contributed by atoms with Crippen LogP contribution in [0.2, 0.25) is 0 Å². The molecular weight excluding hydrogens is 224 g/mol. The number of esters is 1. The molecule has 0 saturated heterocycles. The zero-order valence-electron chi connectivity index (χ0n) is 9.65. The first kappa shape index (κ1) is 13.0. The number of benzene rings is 1. The summed E-state index contributed by atoms with van der Waals surface area (Å²) in [7, 11) is 2.74. The molecule has 0 unspecified atom stereocenters. The molecule has 0 bridgehead atoms. The van der Waals surface area contributed by atoms with Crippen LogP contribution in [0, 0.1) is 0 Å². The van der Waals surface area contributed by atoms with Gasteiger partial charge in [0.15, 0.2) is 0 Å². The largest absolute Gasteiger partial charge is 0.465 e. The molecule has 0 radical (unpaired) electrons. The SMILES string of the molecule is COCNC(=O)Nc1ccccc1C(=O)OC. The predicted octanol–water partition coefficient (Wildman–Crippen LogP) is 1.20. The normalized spacial score (nSPS) is 9.53. The van der Waals surface area contributed by atoms with Crippen molar-refractivity contribution in [2.24, 2.45) is 0 Å². The number of carbonyl (C=O) groups excluding carboxylic acids is 2. The number of carbonyl (C=O) groups is 2. The lowest BCUT2D eigenvalue weighted by Gasteiger charge is -2.10. The van der Waals surface area contributed by atoms with Gasteiger partial charge in [0.2, 0.25) is 0 Å². The first-order chi connectivity index (χ1) is 8.19. The molecule has 6 nitrogen and oxygen atoms in total. The molecule has 2 N–H and O–H groups in total. The summed E-state index contributed by atoms with van der Waals surface area (Å²) in [5.41, 5.74) is 0.676. The summed E-state index contributed by atoms with van der Waals surface area (Å²) in [5.74, 6) is -0.507. The predicted molar refractivity (Wildman–Crippen MR) is 61.8 cm³/mol. The summed E-state index contributed by atoms with van der Waals surface area (Å²) < 4.78 is 9.29. The second-order valence-corrected chi connectivity index (χ2v) is 3.10. The standard InChI is InChI=1S/C11H14N2O4/c1-16-7-12-11(15)13-9-6-4-3-5-8(9)10(14)17-2/h3-6H,7H2,1-2H3,(H2,12,13,15). The van der Waals surface area contributed by atoms with Crippen LogP contribution in [0.5, 0.6) is 0 Å². The maximum Gasteiger partial charge on any atom is 0.339 e. The molecule has 0 aliphatic heterocycles. The number of hydrogen-bond donors (Lipinski definition) is 2. The van der Waals surface area contributed by atoms with Gasteiger partial charge in [-0.05, 0) is 12.1 Å². The Balaban J connectivity index is 2.76. The van der Waals surface area contributed by atoms with E-state index in [1.54, 1.807) is 24.3 Å². The number of nitrogens with one attached hydrogen (secondary N) is 2. The molecule has 1 rings (SSSR count). The molecule has 0 heterocycles. The molecule has 1 aromatic carbocycles. The van der Waals surface area contributed by atoms with Crippen LogP contribution in [-0.2, 0) is 9.47 Å². The maximum absolute atomic E-state index is 11.4. The second-order valence-electron chi connectivity index (χ2n) is 3.10. The first-order valence-corrected chi connectivity index (χ1v) is 4.90.